The summed E-state index contributed by atoms with van der Waals surface area (Å²) in [6.45, 7) is 3.99. The van der Waals surface area contributed by atoms with Crippen molar-refractivity contribution in [3.63, 3.8) is 0 Å². The number of hydrogen-bond acceptors (Lipinski definition) is 3. The Hall–Kier alpha value is -3.35. The fraction of sp³-hybridized carbons (Fsp3) is 0.464. The number of anilines is 1. The summed E-state index contributed by atoms with van der Waals surface area (Å²) in [6.07, 6.45) is 4.85. The first-order valence-electron chi connectivity index (χ1n) is 12.5. The van der Waals surface area contributed by atoms with E-state index in [0.717, 1.165) is 66.7 Å². The third kappa shape index (κ3) is 5.84. The minimum absolute atomic E-state index is 0.0144. The number of aliphatic carboxylic acids is 1. The van der Waals surface area contributed by atoms with Gasteiger partial charge < -0.3 is 20.2 Å². The Balaban J connectivity index is 1.51. The monoisotopic (exact) mass is 477 g/mol. The molecule has 0 spiro atoms. The molecule has 7 heteroatoms. The van der Waals surface area contributed by atoms with E-state index in [1.165, 1.54) is 0 Å². The zero-order chi connectivity index (χ0) is 24.9. The fourth-order valence-corrected chi connectivity index (χ4v) is 5.37. The molecule has 2 N–H and O–H groups in total. The summed E-state index contributed by atoms with van der Waals surface area (Å²) < 4.78 is 0. The van der Waals surface area contributed by atoms with Crippen LogP contribution in [0.25, 0.3) is 0 Å². The summed E-state index contributed by atoms with van der Waals surface area (Å²) in [5.41, 5.74) is 4.67. The van der Waals surface area contributed by atoms with Gasteiger partial charge in [0.2, 0.25) is 5.91 Å². The van der Waals surface area contributed by atoms with Crippen molar-refractivity contribution in [1.82, 2.24) is 9.80 Å². The van der Waals surface area contributed by atoms with Gasteiger partial charge in [-0.05, 0) is 60.4 Å². The summed E-state index contributed by atoms with van der Waals surface area (Å²) in [6, 6.07) is 13.9. The van der Waals surface area contributed by atoms with Crippen LogP contribution in [-0.2, 0) is 22.6 Å². The molecule has 2 aliphatic rings. The lowest BCUT2D eigenvalue weighted by atomic mass is 9.83. The number of hydrogen-bond donors (Lipinski definition) is 2. The normalized spacial score (nSPS) is 17.1. The summed E-state index contributed by atoms with van der Waals surface area (Å²) in [7, 11) is 1.82. The molecule has 0 aromatic heterocycles. The number of nitrogens with zero attached hydrogens (tertiary/aromatic N) is 2. The van der Waals surface area contributed by atoms with Crippen LogP contribution in [0.5, 0.6) is 0 Å². The fourth-order valence-electron chi connectivity index (χ4n) is 5.37. The van der Waals surface area contributed by atoms with E-state index >= 15 is 0 Å². The van der Waals surface area contributed by atoms with E-state index in [-0.39, 0.29) is 24.3 Å². The summed E-state index contributed by atoms with van der Waals surface area (Å²) in [4.78, 5) is 40.4. The standard InChI is InChI=1S/C28H35N3O4/c1-19-21(14-15-25(32)33)8-5-9-24(19)29-27(34)26(22-6-3-4-7-22)23-12-10-20(11-13-23)18-31-17-16-30(2)28(31)35/h5,8-13,22,26H,3-4,6-7,14-18H2,1-2H3,(H,29,34)(H,32,33). The van der Waals surface area contributed by atoms with Gasteiger partial charge in [-0.2, -0.15) is 0 Å². The maximum atomic E-state index is 13.6. The number of benzene rings is 2. The van der Waals surface area contributed by atoms with Gasteiger partial charge in [-0.3, -0.25) is 9.59 Å². The molecule has 0 radical (unpaired) electrons. The summed E-state index contributed by atoms with van der Waals surface area (Å²) in [5.74, 6) is -0.789. The predicted octanol–water partition coefficient (Wildman–Crippen LogP) is 4.79. The number of amides is 3. The van der Waals surface area contributed by atoms with Crippen LogP contribution < -0.4 is 5.32 Å². The van der Waals surface area contributed by atoms with Gasteiger partial charge in [-0.25, -0.2) is 4.79 Å². The Morgan fingerprint density at radius 3 is 2.43 bits per heavy atom. The van der Waals surface area contributed by atoms with Gasteiger partial charge in [0.05, 0.1) is 5.92 Å². The second-order valence-corrected chi connectivity index (χ2v) is 9.86. The Morgan fingerprint density at radius 2 is 1.80 bits per heavy atom. The van der Waals surface area contributed by atoms with Crippen molar-refractivity contribution in [3.8, 4) is 0 Å². The third-order valence-electron chi connectivity index (χ3n) is 7.48. The van der Waals surface area contributed by atoms with Crippen molar-refractivity contribution < 1.29 is 19.5 Å². The first-order valence-corrected chi connectivity index (χ1v) is 12.5. The molecule has 186 valence electrons. The molecule has 1 heterocycles. The largest absolute Gasteiger partial charge is 0.481 e. The van der Waals surface area contributed by atoms with Crippen molar-refractivity contribution in [1.29, 1.82) is 0 Å². The van der Waals surface area contributed by atoms with Gasteiger partial charge in [0.15, 0.2) is 0 Å². The molecule has 7 nitrogen and oxygen atoms in total. The second kappa shape index (κ2) is 10.9. The summed E-state index contributed by atoms with van der Waals surface area (Å²) in [5, 5.41) is 12.2. The van der Waals surface area contributed by atoms with Crippen molar-refractivity contribution in [2.45, 2.75) is 57.9 Å². The molecule has 2 aromatic carbocycles. The highest BCUT2D eigenvalue weighted by Crippen LogP contribution is 2.38. The molecule has 0 bridgehead atoms. The highest BCUT2D eigenvalue weighted by molar-refractivity contribution is 5.97. The average Bonchev–Trinajstić information content (AvgIpc) is 3.47. The maximum Gasteiger partial charge on any atom is 0.320 e. The minimum Gasteiger partial charge on any atom is -0.481 e. The van der Waals surface area contributed by atoms with E-state index in [4.69, 9.17) is 5.11 Å². The van der Waals surface area contributed by atoms with Crippen LogP contribution in [0.3, 0.4) is 0 Å². The zero-order valence-corrected chi connectivity index (χ0v) is 20.6. The first kappa shape index (κ1) is 24.8. The highest BCUT2D eigenvalue weighted by Gasteiger charge is 2.32. The van der Waals surface area contributed by atoms with E-state index in [2.05, 4.69) is 5.32 Å². The number of nitrogens with one attached hydrogen (secondary N) is 1. The molecule has 4 rings (SSSR count). The van der Waals surface area contributed by atoms with Crippen molar-refractivity contribution >= 4 is 23.6 Å². The third-order valence-corrected chi connectivity index (χ3v) is 7.48. The molecule has 3 amide bonds. The SMILES string of the molecule is Cc1c(CCC(=O)O)cccc1NC(=O)C(c1ccc(CN2CCN(C)C2=O)cc1)C1CCCC1. The molecule has 1 unspecified atom stereocenters. The van der Waals surface area contributed by atoms with Crippen molar-refractivity contribution in [2.75, 3.05) is 25.5 Å². The number of carboxylic acid groups (broad SMARTS) is 1. The Morgan fingerprint density at radius 1 is 1.09 bits per heavy atom. The van der Waals surface area contributed by atoms with Crippen LogP contribution in [-0.4, -0.2) is 53.0 Å². The zero-order valence-electron chi connectivity index (χ0n) is 20.6. The number of urea groups is 1. The average molecular weight is 478 g/mol. The quantitative estimate of drug-likeness (QED) is 0.543. The van der Waals surface area contributed by atoms with Crippen LogP contribution >= 0.6 is 0 Å². The van der Waals surface area contributed by atoms with Crippen LogP contribution in [0.1, 0.15) is 60.3 Å². The van der Waals surface area contributed by atoms with E-state index in [1.54, 1.807) is 4.90 Å². The maximum absolute atomic E-state index is 13.6. The van der Waals surface area contributed by atoms with Gasteiger partial charge in [-0.1, -0.05) is 49.2 Å². The number of likely N-dealkylation sites (N-methyl/N-ethyl adjacent to an activating group) is 1. The van der Waals surface area contributed by atoms with Crippen LogP contribution in [0.15, 0.2) is 42.5 Å². The van der Waals surface area contributed by atoms with E-state index < -0.39 is 5.97 Å². The van der Waals surface area contributed by atoms with E-state index in [9.17, 15) is 14.4 Å². The minimum atomic E-state index is -0.829. The molecule has 1 aliphatic carbocycles. The van der Waals surface area contributed by atoms with E-state index in [1.807, 2.05) is 61.3 Å². The van der Waals surface area contributed by atoms with E-state index in [0.29, 0.717) is 18.9 Å². The van der Waals surface area contributed by atoms with Crippen molar-refractivity contribution in [3.05, 3.63) is 64.7 Å². The summed E-state index contributed by atoms with van der Waals surface area (Å²) >= 11 is 0. The first-order chi connectivity index (χ1) is 16.8. The van der Waals surface area contributed by atoms with Gasteiger partial charge in [0.1, 0.15) is 0 Å². The smallest absolute Gasteiger partial charge is 0.320 e. The van der Waals surface area contributed by atoms with Gasteiger partial charge in [-0.15, -0.1) is 0 Å². The Bertz CT molecular complexity index is 1080. The molecule has 2 aromatic rings. The molecule has 2 fully saturated rings. The number of aryl methyl sites for hydroxylation is 1. The number of carbonyl (C=O) groups is 3. The molecular formula is C28H35N3O4. The second-order valence-electron chi connectivity index (χ2n) is 9.86. The lowest BCUT2D eigenvalue weighted by Gasteiger charge is -2.24. The predicted molar refractivity (Wildman–Crippen MR) is 135 cm³/mol. The molecule has 1 saturated heterocycles. The van der Waals surface area contributed by atoms with Crippen LogP contribution in [0.4, 0.5) is 10.5 Å². The molecule has 35 heavy (non-hydrogen) atoms. The van der Waals surface area contributed by atoms with Crippen LogP contribution in [0, 0.1) is 12.8 Å². The van der Waals surface area contributed by atoms with Gasteiger partial charge in [0, 0.05) is 38.8 Å². The number of carboxylic acids is 1. The molecular weight excluding hydrogens is 442 g/mol. The molecule has 1 saturated carbocycles. The number of carbonyl (C=O) groups excluding carboxylic acids is 2. The van der Waals surface area contributed by atoms with Gasteiger partial charge >= 0.3 is 12.0 Å². The lowest BCUT2D eigenvalue weighted by molar-refractivity contribution is -0.137. The Kier molecular flexibility index (Phi) is 7.73. The van der Waals surface area contributed by atoms with Gasteiger partial charge in [0.25, 0.3) is 0 Å². The highest BCUT2D eigenvalue weighted by atomic mass is 16.4. The lowest BCUT2D eigenvalue weighted by Crippen LogP contribution is -2.29. The topological polar surface area (TPSA) is 89.9 Å². The van der Waals surface area contributed by atoms with Crippen LogP contribution in [0.2, 0.25) is 0 Å². The Labute approximate surface area is 207 Å². The molecule has 1 aliphatic heterocycles. The van der Waals surface area contributed by atoms with Crippen molar-refractivity contribution in [2.24, 2.45) is 5.92 Å². The molecule has 1 atom stereocenters. The number of rotatable bonds is 9.